The van der Waals surface area contributed by atoms with Gasteiger partial charge >= 0.3 is 0 Å². The van der Waals surface area contributed by atoms with Crippen molar-refractivity contribution in [3.8, 4) is 0 Å². The summed E-state index contributed by atoms with van der Waals surface area (Å²) in [7, 11) is 0. The Morgan fingerprint density at radius 2 is 1.48 bits per heavy atom. The number of hydrogen-bond donors (Lipinski definition) is 3. The summed E-state index contributed by atoms with van der Waals surface area (Å²) >= 11 is 0. The third kappa shape index (κ3) is 3.64. The first-order chi connectivity index (χ1) is 12.9. The van der Waals surface area contributed by atoms with Gasteiger partial charge in [-0.2, -0.15) is 0 Å². The quantitative estimate of drug-likeness (QED) is 0.669. The number of carbonyl (C=O) groups is 2. The molecule has 150 valence electrons. The van der Waals surface area contributed by atoms with Crippen molar-refractivity contribution in [1.82, 2.24) is 10.6 Å². The third-order valence-electron chi connectivity index (χ3n) is 8.25. The first-order valence-electron chi connectivity index (χ1n) is 11.2. The third-order valence-corrected chi connectivity index (χ3v) is 8.25. The average molecular weight is 375 g/mol. The lowest BCUT2D eigenvalue weighted by Crippen LogP contribution is -2.61. The molecule has 0 saturated heterocycles. The Balaban J connectivity index is 1.21. The number of nitrogens with one attached hydrogen (secondary N) is 2. The number of rotatable bonds is 6. The zero-order valence-electron chi connectivity index (χ0n) is 16.3. The summed E-state index contributed by atoms with van der Waals surface area (Å²) in [6.07, 6.45) is 12.5. The molecule has 6 saturated carbocycles. The van der Waals surface area contributed by atoms with Crippen LogP contribution in [0.25, 0.3) is 0 Å². The average Bonchev–Trinajstić information content (AvgIpc) is 3.26. The molecular weight excluding hydrogens is 340 g/mol. The monoisotopic (exact) mass is 374 g/mol. The van der Waals surface area contributed by atoms with Gasteiger partial charge in [-0.3, -0.25) is 9.59 Å². The molecule has 0 aliphatic heterocycles. The molecular formula is C22H34N2O3. The van der Waals surface area contributed by atoms with Crippen molar-refractivity contribution in [1.29, 1.82) is 0 Å². The molecule has 27 heavy (non-hydrogen) atoms. The maximum atomic E-state index is 13.0. The van der Waals surface area contributed by atoms with Gasteiger partial charge in [-0.25, -0.2) is 0 Å². The Hall–Kier alpha value is -1.10. The summed E-state index contributed by atoms with van der Waals surface area (Å²) in [4.78, 5) is 25.4. The SMILES string of the molecule is O=C(CC1(CC(=O)NC2C3CC4CC2CC(O)(C4)C3)CCCC1)NC1CC1. The summed E-state index contributed by atoms with van der Waals surface area (Å²) in [5, 5.41) is 17.2. The van der Waals surface area contributed by atoms with Crippen LogP contribution in [0, 0.1) is 23.2 Å². The fourth-order valence-corrected chi connectivity index (χ4v) is 7.18. The fraction of sp³-hybridized carbons (Fsp3) is 0.909. The maximum absolute atomic E-state index is 13.0. The number of hydrogen-bond acceptors (Lipinski definition) is 3. The predicted molar refractivity (Wildman–Crippen MR) is 102 cm³/mol. The lowest BCUT2D eigenvalue weighted by molar-refractivity contribution is -0.147. The molecule has 2 amide bonds. The smallest absolute Gasteiger partial charge is 0.220 e. The fourth-order valence-electron chi connectivity index (χ4n) is 7.18. The minimum atomic E-state index is -0.453. The molecule has 2 unspecified atom stereocenters. The molecule has 6 fully saturated rings. The van der Waals surface area contributed by atoms with Crippen molar-refractivity contribution in [2.75, 3.05) is 0 Å². The van der Waals surface area contributed by atoms with Gasteiger partial charge in [0.1, 0.15) is 0 Å². The maximum Gasteiger partial charge on any atom is 0.220 e. The molecule has 5 nitrogen and oxygen atoms in total. The zero-order chi connectivity index (χ0) is 18.6. The van der Waals surface area contributed by atoms with Crippen molar-refractivity contribution in [2.24, 2.45) is 23.2 Å². The number of amides is 2. The molecule has 0 aromatic heterocycles. The topological polar surface area (TPSA) is 78.4 Å². The van der Waals surface area contributed by atoms with Crippen molar-refractivity contribution in [3.05, 3.63) is 0 Å². The molecule has 0 heterocycles. The molecule has 6 aliphatic rings. The molecule has 3 N–H and O–H groups in total. The van der Waals surface area contributed by atoms with Crippen LogP contribution in [-0.2, 0) is 9.59 Å². The summed E-state index contributed by atoms with van der Waals surface area (Å²) in [5.41, 5.74) is -0.585. The molecule has 5 heteroatoms. The Morgan fingerprint density at radius 1 is 0.889 bits per heavy atom. The van der Waals surface area contributed by atoms with Crippen LogP contribution in [0.15, 0.2) is 0 Å². The summed E-state index contributed by atoms with van der Waals surface area (Å²) in [6, 6.07) is 0.636. The molecule has 6 rings (SSSR count). The minimum Gasteiger partial charge on any atom is -0.390 e. The van der Waals surface area contributed by atoms with Gasteiger partial charge < -0.3 is 15.7 Å². The van der Waals surface area contributed by atoms with E-state index in [-0.39, 0.29) is 23.3 Å². The largest absolute Gasteiger partial charge is 0.390 e. The molecule has 2 atom stereocenters. The van der Waals surface area contributed by atoms with Crippen LogP contribution < -0.4 is 10.6 Å². The van der Waals surface area contributed by atoms with Gasteiger partial charge in [0.25, 0.3) is 0 Å². The summed E-state index contributed by atoms with van der Waals surface area (Å²) in [6.45, 7) is 0. The van der Waals surface area contributed by atoms with Gasteiger partial charge in [0.15, 0.2) is 0 Å². The lowest BCUT2D eigenvalue weighted by Gasteiger charge is -2.58. The van der Waals surface area contributed by atoms with Crippen molar-refractivity contribution >= 4 is 11.8 Å². The number of aliphatic hydroxyl groups is 1. The van der Waals surface area contributed by atoms with E-state index in [9.17, 15) is 14.7 Å². The standard InChI is InChI=1S/C22H34N2O3/c25-18(23-17-3-4-17)12-21(5-1-2-6-21)13-19(26)24-20-15-7-14-8-16(20)11-22(27,9-14)10-15/h14-17,20,27H,1-13H2,(H,23,25)(H,24,26). The molecule has 0 aromatic rings. The van der Waals surface area contributed by atoms with E-state index >= 15 is 0 Å². The molecule has 0 aromatic carbocycles. The second-order valence-electron chi connectivity index (χ2n) is 10.7. The molecule has 0 radical (unpaired) electrons. The van der Waals surface area contributed by atoms with Crippen LogP contribution in [0.4, 0.5) is 0 Å². The van der Waals surface area contributed by atoms with E-state index in [2.05, 4.69) is 10.6 Å². The van der Waals surface area contributed by atoms with Gasteiger partial charge in [-0.15, -0.1) is 0 Å². The summed E-state index contributed by atoms with van der Waals surface area (Å²) in [5.74, 6) is 1.84. The van der Waals surface area contributed by atoms with Crippen molar-refractivity contribution in [2.45, 2.75) is 101 Å². The minimum absolute atomic E-state index is 0.132. The van der Waals surface area contributed by atoms with Gasteiger partial charge in [0.2, 0.25) is 11.8 Å². The molecule has 0 spiro atoms. The molecule has 4 bridgehead atoms. The Kier molecular flexibility index (Phi) is 4.30. The first-order valence-corrected chi connectivity index (χ1v) is 11.2. The second kappa shape index (κ2) is 6.47. The van der Waals surface area contributed by atoms with Gasteiger partial charge in [-0.05, 0) is 81.0 Å². The Labute approximate surface area is 162 Å². The number of carbonyl (C=O) groups excluding carboxylic acids is 2. The van der Waals surface area contributed by atoms with Crippen molar-refractivity contribution < 1.29 is 14.7 Å². The van der Waals surface area contributed by atoms with E-state index in [4.69, 9.17) is 0 Å². The Morgan fingerprint density at radius 3 is 2.04 bits per heavy atom. The second-order valence-corrected chi connectivity index (χ2v) is 10.7. The molecule has 6 aliphatic carbocycles. The highest BCUT2D eigenvalue weighted by Crippen LogP contribution is 2.55. The van der Waals surface area contributed by atoms with Crippen LogP contribution in [-0.4, -0.2) is 34.6 Å². The van der Waals surface area contributed by atoms with E-state index in [0.29, 0.717) is 36.6 Å². The summed E-state index contributed by atoms with van der Waals surface area (Å²) < 4.78 is 0. The highest BCUT2D eigenvalue weighted by atomic mass is 16.3. The van der Waals surface area contributed by atoms with E-state index in [0.717, 1.165) is 57.8 Å². The first kappa shape index (κ1) is 18.0. The van der Waals surface area contributed by atoms with Gasteiger partial charge in [0, 0.05) is 24.9 Å². The van der Waals surface area contributed by atoms with Crippen LogP contribution in [0.2, 0.25) is 0 Å². The highest BCUT2D eigenvalue weighted by molar-refractivity contribution is 5.81. The lowest BCUT2D eigenvalue weighted by atomic mass is 9.52. The van der Waals surface area contributed by atoms with Gasteiger partial charge in [0.05, 0.1) is 5.60 Å². The van der Waals surface area contributed by atoms with Crippen molar-refractivity contribution in [3.63, 3.8) is 0 Å². The van der Waals surface area contributed by atoms with Crippen LogP contribution >= 0.6 is 0 Å². The van der Waals surface area contributed by atoms with E-state index in [1.54, 1.807) is 0 Å². The van der Waals surface area contributed by atoms with Crippen LogP contribution in [0.5, 0.6) is 0 Å². The highest BCUT2D eigenvalue weighted by Gasteiger charge is 2.55. The van der Waals surface area contributed by atoms with E-state index < -0.39 is 5.60 Å². The van der Waals surface area contributed by atoms with E-state index in [1.165, 1.54) is 12.8 Å². The van der Waals surface area contributed by atoms with E-state index in [1.807, 2.05) is 0 Å². The van der Waals surface area contributed by atoms with Crippen LogP contribution in [0.1, 0.15) is 83.5 Å². The predicted octanol–water partition coefficient (Wildman–Crippen LogP) is 2.66. The van der Waals surface area contributed by atoms with Gasteiger partial charge in [-0.1, -0.05) is 12.8 Å². The zero-order valence-corrected chi connectivity index (χ0v) is 16.3. The van der Waals surface area contributed by atoms with Crippen LogP contribution in [0.3, 0.4) is 0 Å². The normalized spacial score (nSPS) is 41.5. The Bertz CT molecular complexity index is 607.